The number of piperidine rings is 1. The van der Waals surface area contributed by atoms with Crippen molar-refractivity contribution in [3.05, 3.63) is 12.4 Å². The second-order valence-electron chi connectivity index (χ2n) is 5.81. The zero-order chi connectivity index (χ0) is 13.2. The smallest absolute Gasteiger partial charge is 0.224 e. The fourth-order valence-corrected chi connectivity index (χ4v) is 3.42. The number of amides is 1. The molecule has 0 aromatic carbocycles. The van der Waals surface area contributed by atoms with Crippen LogP contribution in [0.4, 0.5) is 5.69 Å². The zero-order valence-electron chi connectivity index (χ0n) is 11.8. The van der Waals surface area contributed by atoms with Gasteiger partial charge in [0.25, 0.3) is 0 Å². The third-order valence-electron chi connectivity index (χ3n) is 4.29. The average Bonchev–Trinajstić information content (AvgIpc) is 2.96. The van der Waals surface area contributed by atoms with Crippen LogP contribution in [0, 0.1) is 5.92 Å². The van der Waals surface area contributed by atoms with Crippen molar-refractivity contribution in [3.63, 3.8) is 0 Å². The van der Waals surface area contributed by atoms with Crippen LogP contribution in [0.25, 0.3) is 0 Å². The second kappa shape index (κ2) is 6.59. The minimum atomic E-state index is 0. The van der Waals surface area contributed by atoms with E-state index in [1.165, 1.54) is 12.8 Å². The summed E-state index contributed by atoms with van der Waals surface area (Å²) in [6, 6.07) is 1.30. The Hall–Kier alpha value is -1.07. The van der Waals surface area contributed by atoms with Gasteiger partial charge in [0.15, 0.2) is 0 Å². The van der Waals surface area contributed by atoms with Crippen LogP contribution in [0.1, 0.15) is 39.0 Å². The molecular formula is C14H23ClN4O. The molecule has 3 heterocycles. The lowest BCUT2D eigenvalue weighted by atomic mass is 9.89. The summed E-state index contributed by atoms with van der Waals surface area (Å²) >= 11 is 0. The van der Waals surface area contributed by atoms with Crippen molar-refractivity contribution in [3.8, 4) is 0 Å². The summed E-state index contributed by atoms with van der Waals surface area (Å²) in [5.74, 6) is 0.668. The minimum Gasteiger partial charge on any atom is -0.323 e. The summed E-state index contributed by atoms with van der Waals surface area (Å²) in [5, 5.41) is 10.7. The normalized spacial score (nSPS) is 27.9. The highest BCUT2D eigenvalue weighted by Gasteiger charge is 2.34. The third kappa shape index (κ3) is 3.52. The van der Waals surface area contributed by atoms with Gasteiger partial charge >= 0.3 is 0 Å². The molecule has 2 fully saturated rings. The first-order valence-electron chi connectivity index (χ1n) is 7.31. The molecule has 1 amide bonds. The molecule has 2 aliphatic rings. The van der Waals surface area contributed by atoms with E-state index >= 15 is 0 Å². The number of rotatable bonds is 4. The third-order valence-corrected chi connectivity index (χ3v) is 4.29. The van der Waals surface area contributed by atoms with Crippen molar-refractivity contribution in [2.45, 2.75) is 57.7 Å². The molecule has 1 aromatic rings. The second-order valence-corrected chi connectivity index (χ2v) is 5.81. The van der Waals surface area contributed by atoms with Gasteiger partial charge in [-0.3, -0.25) is 9.48 Å². The van der Waals surface area contributed by atoms with Gasteiger partial charge in [-0.2, -0.15) is 5.10 Å². The van der Waals surface area contributed by atoms with Crippen molar-refractivity contribution < 1.29 is 4.79 Å². The van der Waals surface area contributed by atoms with Crippen LogP contribution in [-0.2, 0) is 11.3 Å². The number of carbonyl (C=O) groups excluding carboxylic acids is 1. The average molecular weight is 299 g/mol. The van der Waals surface area contributed by atoms with Crippen LogP contribution in [0.3, 0.4) is 0 Å². The van der Waals surface area contributed by atoms with Crippen molar-refractivity contribution in [2.75, 3.05) is 5.32 Å². The summed E-state index contributed by atoms with van der Waals surface area (Å²) in [6.45, 7) is 2.86. The van der Waals surface area contributed by atoms with E-state index in [1.54, 1.807) is 6.20 Å². The molecule has 3 rings (SSSR count). The quantitative estimate of drug-likeness (QED) is 0.896. The van der Waals surface area contributed by atoms with Gasteiger partial charge in [0.2, 0.25) is 5.91 Å². The number of halogens is 1. The number of aromatic nitrogens is 2. The van der Waals surface area contributed by atoms with Gasteiger partial charge in [-0.05, 0) is 38.5 Å². The lowest BCUT2D eigenvalue weighted by Gasteiger charge is -2.28. The molecule has 1 aromatic heterocycles. The van der Waals surface area contributed by atoms with E-state index in [-0.39, 0.29) is 18.3 Å². The van der Waals surface area contributed by atoms with Gasteiger partial charge in [-0.25, -0.2) is 0 Å². The van der Waals surface area contributed by atoms with Crippen LogP contribution in [0.5, 0.6) is 0 Å². The zero-order valence-corrected chi connectivity index (χ0v) is 12.7. The maximum Gasteiger partial charge on any atom is 0.224 e. The Labute approximate surface area is 125 Å². The lowest BCUT2D eigenvalue weighted by Crippen LogP contribution is -2.39. The van der Waals surface area contributed by atoms with Crippen LogP contribution in [0.2, 0.25) is 0 Å². The standard InChI is InChI=1S/C14H22N4O.ClH/c1-2-18-9-13(8-15-18)17-14(19)7-10-5-11-3-4-12(6-10)16-11;/h8-12,16H,2-7H2,1H3,(H,17,19);1H. The number of fused-ring (bicyclic) bond motifs is 2. The molecule has 0 saturated carbocycles. The highest BCUT2D eigenvalue weighted by atomic mass is 35.5. The molecule has 112 valence electrons. The molecule has 2 bridgehead atoms. The summed E-state index contributed by atoms with van der Waals surface area (Å²) in [4.78, 5) is 12.0. The van der Waals surface area contributed by atoms with E-state index in [9.17, 15) is 4.79 Å². The number of hydrogen-bond acceptors (Lipinski definition) is 3. The Balaban J connectivity index is 0.00000147. The van der Waals surface area contributed by atoms with Gasteiger partial charge in [-0.15, -0.1) is 12.4 Å². The van der Waals surface area contributed by atoms with E-state index in [2.05, 4.69) is 15.7 Å². The van der Waals surface area contributed by atoms with Crippen molar-refractivity contribution in [2.24, 2.45) is 5.92 Å². The van der Waals surface area contributed by atoms with Crippen LogP contribution in [0.15, 0.2) is 12.4 Å². The maximum atomic E-state index is 12.0. The predicted octanol–water partition coefficient (Wildman–Crippen LogP) is 2.18. The lowest BCUT2D eigenvalue weighted by molar-refractivity contribution is -0.117. The SMILES string of the molecule is CCn1cc(NC(=O)CC2CC3CCC(C2)N3)cn1.Cl. The Morgan fingerprint density at radius 2 is 2.15 bits per heavy atom. The maximum absolute atomic E-state index is 12.0. The minimum absolute atomic E-state index is 0. The molecule has 0 radical (unpaired) electrons. The topological polar surface area (TPSA) is 59.0 Å². The molecule has 0 spiro atoms. The fraction of sp³-hybridized carbons (Fsp3) is 0.714. The number of nitrogens with zero attached hydrogens (tertiary/aromatic N) is 2. The summed E-state index contributed by atoms with van der Waals surface area (Å²) in [6.07, 6.45) is 9.11. The van der Waals surface area contributed by atoms with E-state index in [4.69, 9.17) is 0 Å². The Morgan fingerprint density at radius 1 is 1.45 bits per heavy atom. The van der Waals surface area contributed by atoms with Crippen molar-refractivity contribution in [1.82, 2.24) is 15.1 Å². The molecule has 6 heteroatoms. The Kier molecular flexibility index (Phi) is 5.05. The molecular weight excluding hydrogens is 276 g/mol. The number of anilines is 1. The molecule has 0 aliphatic carbocycles. The molecule has 5 nitrogen and oxygen atoms in total. The first kappa shape index (κ1) is 15.3. The van der Waals surface area contributed by atoms with Crippen LogP contribution >= 0.6 is 12.4 Å². The summed E-state index contributed by atoms with van der Waals surface area (Å²) in [7, 11) is 0. The molecule has 2 atom stereocenters. The van der Waals surface area contributed by atoms with Gasteiger partial charge in [-0.1, -0.05) is 0 Å². The first-order chi connectivity index (χ1) is 9.22. The number of hydrogen-bond donors (Lipinski definition) is 2. The number of aryl methyl sites for hydroxylation is 1. The highest BCUT2D eigenvalue weighted by Crippen LogP contribution is 2.32. The first-order valence-corrected chi connectivity index (χ1v) is 7.31. The molecule has 2 saturated heterocycles. The van der Waals surface area contributed by atoms with E-state index in [1.807, 2.05) is 17.8 Å². The largest absolute Gasteiger partial charge is 0.323 e. The van der Waals surface area contributed by atoms with E-state index in [0.717, 1.165) is 25.1 Å². The summed E-state index contributed by atoms with van der Waals surface area (Å²) in [5.41, 5.74) is 0.809. The van der Waals surface area contributed by atoms with Crippen LogP contribution in [-0.4, -0.2) is 27.8 Å². The Morgan fingerprint density at radius 3 is 2.75 bits per heavy atom. The van der Waals surface area contributed by atoms with Gasteiger partial charge in [0, 0.05) is 31.2 Å². The van der Waals surface area contributed by atoms with Gasteiger partial charge in [0.05, 0.1) is 11.9 Å². The van der Waals surface area contributed by atoms with Crippen molar-refractivity contribution in [1.29, 1.82) is 0 Å². The molecule has 2 aliphatic heterocycles. The van der Waals surface area contributed by atoms with E-state index < -0.39 is 0 Å². The molecule has 2 unspecified atom stereocenters. The van der Waals surface area contributed by atoms with E-state index in [0.29, 0.717) is 24.4 Å². The molecule has 2 N–H and O–H groups in total. The number of nitrogens with one attached hydrogen (secondary N) is 2. The fourth-order valence-electron chi connectivity index (χ4n) is 3.42. The Bertz CT molecular complexity index is 450. The highest BCUT2D eigenvalue weighted by molar-refractivity contribution is 5.90. The number of carbonyl (C=O) groups is 1. The summed E-state index contributed by atoms with van der Waals surface area (Å²) < 4.78 is 1.82. The predicted molar refractivity (Wildman–Crippen MR) is 81.1 cm³/mol. The van der Waals surface area contributed by atoms with Gasteiger partial charge in [0.1, 0.15) is 0 Å². The van der Waals surface area contributed by atoms with Crippen molar-refractivity contribution >= 4 is 24.0 Å². The van der Waals surface area contributed by atoms with Gasteiger partial charge < -0.3 is 10.6 Å². The van der Waals surface area contributed by atoms with Crippen LogP contribution < -0.4 is 10.6 Å². The monoisotopic (exact) mass is 298 g/mol. The molecule has 20 heavy (non-hydrogen) atoms.